The molecular weight excluding hydrogens is 266 g/mol. The number of amides is 1. The number of carbonyl (C=O) groups is 1. The van der Waals surface area contributed by atoms with Gasteiger partial charge in [0.05, 0.1) is 0 Å². The van der Waals surface area contributed by atoms with E-state index in [0.717, 1.165) is 32.1 Å². The van der Waals surface area contributed by atoms with E-state index in [1.807, 2.05) is 0 Å². The monoisotopic (exact) mass is 289 g/mol. The zero-order chi connectivity index (χ0) is 13.9. The van der Waals surface area contributed by atoms with Crippen LogP contribution in [0.25, 0.3) is 0 Å². The highest BCUT2D eigenvalue weighted by Gasteiger charge is 2.32. The fourth-order valence-corrected chi connectivity index (χ4v) is 4.14. The van der Waals surface area contributed by atoms with Crippen LogP contribution < -0.4 is 10.0 Å². The molecule has 0 radical (unpaired) electrons. The van der Waals surface area contributed by atoms with Crippen LogP contribution in [0, 0.1) is 0 Å². The maximum atomic E-state index is 12.3. The van der Waals surface area contributed by atoms with Crippen molar-refractivity contribution in [3.05, 3.63) is 0 Å². The quantitative estimate of drug-likeness (QED) is 0.784. The molecule has 1 atom stereocenters. The second-order valence-corrected chi connectivity index (χ2v) is 7.18. The minimum absolute atomic E-state index is 0.0675. The van der Waals surface area contributed by atoms with E-state index in [9.17, 15) is 13.2 Å². The zero-order valence-electron chi connectivity index (χ0n) is 11.4. The summed E-state index contributed by atoms with van der Waals surface area (Å²) in [7, 11) is -1.96. The van der Waals surface area contributed by atoms with Gasteiger partial charge in [0, 0.05) is 19.6 Å². The van der Waals surface area contributed by atoms with Gasteiger partial charge in [-0.25, -0.2) is 0 Å². The first-order valence-corrected chi connectivity index (χ1v) is 8.48. The molecule has 7 heteroatoms. The van der Waals surface area contributed by atoms with E-state index in [1.165, 1.54) is 10.7 Å². The number of carbonyl (C=O) groups excluding carboxylic acids is 1. The van der Waals surface area contributed by atoms with Crippen molar-refractivity contribution < 1.29 is 13.2 Å². The Hall–Kier alpha value is -0.660. The maximum Gasteiger partial charge on any atom is 0.280 e. The van der Waals surface area contributed by atoms with Crippen molar-refractivity contribution in [3.8, 4) is 0 Å². The predicted octanol–water partition coefficient (Wildman–Crippen LogP) is 0.364. The van der Waals surface area contributed by atoms with Crippen LogP contribution >= 0.6 is 0 Å². The van der Waals surface area contributed by atoms with Crippen LogP contribution in [0.5, 0.6) is 0 Å². The van der Waals surface area contributed by atoms with Crippen molar-refractivity contribution in [1.82, 2.24) is 14.3 Å². The summed E-state index contributed by atoms with van der Waals surface area (Å²) in [6, 6.07) is -0.553. The molecule has 2 aliphatic rings. The zero-order valence-corrected chi connectivity index (χ0v) is 12.2. The van der Waals surface area contributed by atoms with E-state index in [1.54, 1.807) is 7.05 Å². The Balaban J connectivity index is 1.98. The molecule has 0 aromatic rings. The number of rotatable bonds is 4. The first-order chi connectivity index (χ1) is 9.00. The first-order valence-electron chi connectivity index (χ1n) is 7.04. The van der Waals surface area contributed by atoms with Gasteiger partial charge >= 0.3 is 0 Å². The van der Waals surface area contributed by atoms with Gasteiger partial charge in [-0.1, -0.05) is 19.3 Å². The van der Waals surface area contributed by atoms with Crippen molar-refractivity contribution in [2.75, 3.05) is 13.6 Å². The Labute approximate surface area is 115 Å². The molecule has 110 valence electrons. The lowest BCUT2D eigenvalue weighted by Crippen LogP contribution is -2.54. The van der Waals surface area contributed by atoms with Crippen LogP contribution in [0.1, 0.15) is 44.9 Å². The van der Waals surface area contributed by atoms with E-state index >= 15 is 0 Å². The second kappa shape index (κ2) is 6.19. The summed E-state index contributed by atoms with van der Waals surface area (Å²) in [5.41, 5.74) is 0. The third-order valence-electron chi connectivity index (χ3n) is 4.04. The van der Waals surface area contributed by atoms with Gasteiger partial charge in [-0.3, -0.25) is 4.79 Å². The molecule has 0 bridgehead atoms. The Morgan fingerprint density at radius 3 is 2.47 bits per heavy atom. The number of nitrogens with zero attached hydrogens (tertiary/aromatic N) is 1. The molecule has 6 nitrogen and oxygen atoms in total. The molecule has 1 saturated heterocycles. The van der Waals surface area contributed by atoms with Crippen molar-refractivity contribution in [2.24, 2.45) is 0 Å². The third kappa shape index (κ3) is 3.67. The molecule has 1 heterocycles. The molecule has 1 saturated carbocycles. The Morgan fingerprint density at radius 1 is 1.16 bits per heavy atom. The second-order valence-electron chi connectivity index (χ2n) is 5.42. The smallest absolute Gasteiger partial charge is 0.280 e. The molecule has 2 rings (SSSR count). The van der Waals surface area contributed by atoms with Crippen molar-refractivity contribution >= 4 is 16.1 Å². The molecule has 1 unspecified atom stereocenters. The molecule has 1 aliphatic carbocycles. The molecule has 19 heavy (non-hydrogen) atoms. The van der Waals surface area contributed by atoms with Gasteiger partial charge in [-0.2, -0.15) is 17.4 Å². The number of nitrogens with one attached hydrogen (secondary N) is 2. The molecule has 2 fully saturated rings. The molecule has 1 amide bonds. The largest absolute Gasteiger partial charge is 0.355 e. The normalized spacial score (nSPS) is 26.4. The standard InChI is InChI=1S/C12H23N3O3S/c1-15(10-6-3-2-4-7-10)19(17,18)14-11-8-5-9-13-12(11)16/h10-11,14H,2-9H2,1H3,(H,13,16). The summed E-state index contributed by atoms with van der Waals surface area (Å²) in [6.07, 6.45) is 6.55. The summed E-state index contributed by atoms with van der Waals surface area (Å²) in [5.74, 6) is -0.216. The molecule has 1 aliphatic heterocycles. The van der Waals surface area contributed by atoms with E-state index < -0.39 is 16.3 Å². The average Bonchev–Trinajstić information content (AvgIpc) is 2.41. The first kappa shape index (κ1) is 14.7. The van der Waals surface area contributed by atoms with E-state index in [-0.39, 0.29) is 11.9 Å². The molecule has 0 aromatic carbocycles. The van der Waals surface area contributed by atoms with Gasteiger partial charge in [0.1, 0.15) is 6.04 Å². The Kier molecular flexibility index (Phi) is 4.81. The topological polar surface area (TPSA) is 78.5 Å². The summed E-state index contributed by atoms with van der Waals surface area (Å²) in [4.78, 5) is 11.6. The van der Waals surface area contributed by atoms with Gasteiger partial charge < -0.3 is 5.32 Å². The van der Waals surface area contributed by atoms with Crippen LogP contribution in [0.4, 0.5) is 0 Å². The lowest BCUT2D eigenvalue weighted by atomic mass is 9.96. The summed E-state index contributed by atoms with van der Waals surface area (Å²) in [5, 5.41) is 2.69. The highest BCUT2D eigenvalue weighted by molar-refractivity contribution is 7.87. The van der Waals surface area contributed by atoms with Crippen LogP contribution in [0.3, 0.4) is 0 Å². The van der Waals surface area contributed by atoms with Gasteiger partial charge in [-0.15, -0.1) is 0 Å². The molecule has 2 N–H and O–H groups in total. The predicted molar refractivity (Wildman–Crippen MR) is 72.7 cm³/mol. The van der Waals surface area contributed by atoms with Crippen molar-refractivity contribution in [2.45, 2.75) is 57.0 Å². The van der Waals surface area contributed by atoms with Gasteiger partial charge in [-0.05, 0) is 25.7 Å². The summed E-state index contributed by atoms with van der Waals surface area (Å²) in [6.45, 7) is 0.634. The lowest BCUT2D eigenvalue weighted by Gasteiger charge is -2.32. The van der Waals surface area contributed by atoms with Crippen LogP contribution in [0.15, 0.2) is 0 Å². The summed E-state index contributed by atoms with van der Waals surface area (Å²) >= 11 is 0. The minimum atomic E-state index is -3.57. The highest BCUT2D eigenvalue weighted by Crippen LogP contribution is 2.23. The SMILES string of the molecule is CN(C1CCCCC1)S(=O)(=O)NC1CCCNC1=O. The average molecular weight is 289 g/mol. The lowest BCUT2D eigenvalue weighted by molar-refractivity contribution is -0.124. The van der Waals surface area contributed by atoms with E-state index in [0.29, 0.717) is 13.0 Å². The maximum absolute atomic E-state index is 12.3. The van der Waals surface area contributed by atoms with E-state index in [2.05, 4.69) is 10.0 Å². The van der Waals surface area contributed by atoms with Crippen molar-refractivity contribution in [1.29, 1.82) is 0 Å². The van der Waals surface area contributed by atoms with Gasteiger partial charge in [0.25, 0.3) is 10.2 Å². The minimum Gasteiger partial charge on any atom is -0.355 e. The van der Waals surface area contributed by atoms with E-state index in [4.69, 9.17) is 0 Å². The number of piperidine rings is 1. The number of hydrogen-bond donors (Lipinski definition) is 2. The highest BCUT2D eigenvalue weighted by atomic mass is 32.2. The molecule has 0 spiro atoms. The van der Waals surface area contributed by atoms with Gasteiger partial charge in [0.2, 0.25) is 5.91 Å². The fourth-order valence-electron chi connectivity index (χ4n) is 2.79. The van der Waals surface area contributed by atoms with Crippen LogP contribution in [0.2, 0.25) is 0 Å². The third-order valence-corrected chi connectivity index (χ3v) is 5.68. The van der Waals surface area contributed by atoms with Gasteiger partial charge in [0.15, 0.2) is 0 Å². The Morgan fingerprint density at radius 2 is 1.84 bits per heavy atom. The molecular formula is C12H23N3O3S. The summed E-state index contributed by atoms with van der Waals surface area (Å²) < 4.78 is 28.5. The fraction of sp³-hybridized carbons (Fsp3) is 0.917. The van der Waals surface area contributed by atoms with Crippen LogP contribution in [-0.4, -0.2) is 44.3 Å². The van der Waals surface area contributed by atoms with Crippen molar-refractivity contribution in [3.63, 3.8) is 0 Å². The number of hydrogen-bond acceptors (Lipinski definition) is 3. The molecule has 0 aromatic heterocycles. The van der Waals surface area contributed by atoms with Crippen LogP contribution in [-0.2, 0) is 15.0 Å². The Bertz CT molecular complexity index is 418.